The second-order valence-corrected chi connectivity index (χ2v) is 3.68. The van der Waals surface area contributed by atoms with Crippen molar-refractivity contribution in [2.75, 3.05) is 11.1 Å². The van der Waals surface area contributed by atoms with E-state index < -0.39 is 0 Å². The predicted octanol–water partition coefficient (Wildman–Crippen LogP) is 0.769. The molecule has 0 fully saturated rings. The highest BCUT2D eigenvalue weighted by molar-refractivity contribution is 6.05. The summed E-state index contributed by atoms with van der Waals surface area (Å²) in [6.45, 7) is 4.44. The molecule has 0 spiro atoms. The molecule has 0 aliphatic carbocycles. The van der Waals surface area contributed by atoms with Crippen LogP contribution in [0.2, 0.25) is 0 Å². The zero-order valence-corrected chi connectivity index (χ0v) is 9.69. The van der Waals surface area contributed by atoms with Gasteiger partial charge >= 0.3 is 0 Å². The van der Waals surface area contributed by atoms with Gasteiger partial charge in [-0.05, 0) is 13.8 Å². The first-order valence-corrected chi connectivity index (χ1v) is 5.26. The monoisotopic (exact) mass is 234 g/mol. The molecule has 7 nitrogen and oxygen atoms in total. The second-order valence-electron chi connectivity index (χ2n) is 3.68. The molecular formula is C10H14N6O. The number of nitrogens with two attached hydrogens (primary N) is 1. The third-order valence-electron chi connectivity index (χ3n) is 2.28. The fourth-order valence-corrected chi connectivity index (χ4v) is 1.43. The number of nitrogen functional groups attached to an aromatic ring is 1. The van der Waals surface area contributed by atoms with Crippen LogP contribution in [0, 0.1) is 6.92 Å². The van der Waals surface area contributed by atoms with Crippen LogP contribution in [0.1, 0.15) is 23.1 Å². The first-order chi connectivity index (χ1) is 8.10. The molecule has 0 saturated heterocycles. The Morgan fingerprint density at radius 2 is 2.41 bits per heavy atom. The van der Waals surface area contributed by atoms with Gasteiger partial charge in [-0.3, -0.25) is 14.6 Å². The molecule has 7 heteroatoms. The highest BCUT2D eigenvalue weighted by Crippen LogP contribution is 2.12. The van der Waals surface area contributed by atoms with E-state index in [2.05, 4.69) is 20.6 Å². The Balaban J connectivity index is 2.16. The first kappa shape index (κ1) is 11.2. The van der Waals surface area contributed by atoms with E-state index in [-0.39, 0.29) is 11.6 Å². The van der Waals surface area contributed by atoms with Gasteiger partial charge in [-0.25, -0.2) is 0 Å². The summed E-state index contributed by atoms with van der Waals surface area (Å²) in [6, 6.07) is 1.73. The van der Waals surface area contributed by atoms with Crippen LogP contribution in [0.3, 0.4) is 0 Å². The summed E-state index contributed by atoms with van der Waals surface area (Å²) >= 11 is 0. The fourth-order valence-electron chi connectivity index (χ4n) is 1.43. The number of carbonyl (C=O) groups excluding carboxylic acids is 1. The summed E-state index contributed by atoms with van der Waals surface area (Å²) in [5, 5.41) is 13.3. The molecule has 0 aliphatic rings. The number of aromatic nitrogens is 4. The molecule has 2 aromatic heterocycles. The number of H-pyrrole nitrogens is 1. The van der Waals surface area contributed by atoms with Crippen LogP contribution in [-0.4, -0.2) is 25.9 Å². The summed E-state index contributed by atoms with van der Waals surface area (Å²) in [4.78, 5) is 11.9. The molecule has 0 radical (unpaired) electrons. The van der Waals surface area contributed by atoms with Gasteiger partial charge in [0.05, 0.1) is 5.69 Å². The van der Waals surface area contributed by atoms with Gasteiger partial charge in [0.2, 0.25) is 0 Å². The first-order valence-electron chi connectivity index (χ1n) is 5.26. The lowest BCUT2D eigenvalue weighted by Crippen LogP contribution is -2.15. The predicted molar refractivity (Wildman–Crippen MR) is 63.6 cm³/mol. The van der Waals surface area contributed by atoms with Crippen LogP contribution < -0.4 is 11.1 Å². The highest BCUT2D eigenvalue weighted by Gasteiger charge is 2.15. The maximum Gasteiger partial charge on any atom is 0.279 e. The maximum atomic E-state index is 11.9. The molecule has 2 aromatic rings. The molecule has 0 aromatic carbocycles. The summed E-state index contributed by atoms with van der Waals surface area (Å²) in [5.74, 6) is 0.0964. The van der Waals surface area contributed by atoms with Crippen LogP contribution in [0.4, 0.5) is 11.5 Å². The van der Waals surface area contributed by atoms with Crippen LogP contribution in [0.25, 0.3) is 0 Å². The van der Waals surface area contributed by atoms with E-state index >= 15 is 0 Å². The molecule has 17 heavy (non-hydrogen) atoms. The van der Waals surface area contributed by atoms with Gasteiger partial charge in [0.15, 0.2) is 11.5 Å². The van der Waals surface area contributed by atoms with Gasteiger partial charge in [-0.1, -0.05) is 0 Å². The van der Waals surface area contributed by atoms with Crippen molar-refractivity contribution in [1.29, 1.82) is 0 Å². The molecule has 1 amide bonds. The van der Waals surface area contributed by atoms with E-state index in [1.165, 1.54) is 0 Å². The van der Waals surface area contributed by atoms with Gasteiger partial charge in [0.1, 0.15) is 0 Å². The van der Waals surface area contributed by atoms with Gasteiger partial charge in [-0.15, -0.1) is 0 Å². The van der Waals surface area contributed by atoms with Gasteiger partial charge in [0.25, 0.3) is 5.91 Å². The lowest BCUT2D eigenvalue weighted by molar-refractivity contribution is 0.102. The number of amides is 1. The van der Waals surface area contributed by atoms with Crippen molar-refractivity contribution in [2.45, 2.75) is 20.4 Å². The van der Waals surface area contributed by atoms with Crippen molar-refractivity contribution in [3.63, 3.8) is 0 Å². The number of hydrogen-bond donors (Lipinski definition) is 3. The molecule has 2 heterocycles. The number of hydrogen-bond acceptors (Lipinski definition) is 4. The Bertz CT molecular complexity index is 541. The van der Waals surface area contributed by atoms with Crippen molar-refractivity contribution in [2.24, 2.45) is 0 Å². The Labute approximate surface area is 98.0 Å². The largest absolute Gasteiger partial charge is 0.396 e. The van der Waals surface area contributed by atoms with E-state index in [1.54, 1.807) is 16.9 Å². The van der Waals surface area contributed by atoms with E-state index in [1.807, 2.05) is 13.8 Å². The lowest BCUT2D eigenvalue weighted by Gasteiger charge is -1.98. The standard InChI is InChI=1S/C10H14N6O/c1-3-16-5-7(11)9(15-16)10(17)12-8-4-6(2)13-14-8/h4-5H,3,11H2,1-2H3,(H2,12,13,14,17). The topological polar surface area (TPSA) is 102 Å². The average molecular weight is 234 g/mol. The summed E-state index contributed by atoms with van der Waals surface area (Å²) < 4.78 is 1.61. The Hall–Kier alpha value is -2.31. The summed E-state index contributed by atoms with van der Waals surface area (Å²) in [7, 11) is 0. The molecule has 90 valence electrons. The van der Waals surface area contributed by atoms with Crippen molar-refractivity contribution < 1.29 is 4.79 Å². The summed E-state index contributed by atoms with van der Waals surface area (Å²) in [5.41, 5.74) is 7.15. The molecule has 0 unspecified atom stereocenters. The minimum absolute atomic E-state index is 0.215. The molecule has 0 aliphatic heterocycles. The van der Waals surface area contributed by atoms with Gasteiger partial charge < -0.3 is 11.1 Å². The number of nitrogens with one attached hydrogen (secondary N) is 2. The van der Waals surface area contributed by atoms with Crippen LogP contribution in [0.5, 0.6) is 0 Å². The van der Waals surface area contributed by atoms with Crippen LogP contribution in [0.15, 0.2) is 12.3 Å². The van der Waals surface area contributed by atoms with Crippen molar-refractivity contribution in [3.8, 4) is 0 Å². The minimum Gasteiger partial charge on any atom is -0.396 e. The number of nitrogens with zero attached hydrogens (tertiary/aromatic N) is 3. The minimum atomic E-state index is -0.360. The number of aryl methyl sites for hydroxylation is 2. The molecule has 4 N–H and O–H groups in total. The molecule has 0 atom stereocenters. The molecule has 0 saturated carbocycles. The van der Waals surface area contributed by atoms with E-state index in [0.29, 0.717) is 18.1 Å². The molecule has 2 rings (SSSR count). The summed E-state index contributed by atoms with van der Waals surface area (Å²) in [6.07, 6.45) is 1.63. The van der Waals surface area contributed by atoms with E-state index in [4.69, 9.17) is 5.73 Å². The maximum absolute atomic E-state index is 11.9. The van der Waals surface area contributed by atoms with Gasteiger partial charge in [-0.2, -0.15) is 10.2 Å². The van der Waals surface area contributed by atoms with E-state index in [9.17, 15) is 4.79 Å². The number of aromatic amines is 1. The van der Waals surface area contributed by atoms with E-state index in [0.717, 1.165) is 5.69 Å². The van der Waals surface area contributed by atoms with Crippen LogP contribution >= 0.6 is 0 Å². The van der Waals surface area contributed by atoms with Crippen molar-refractivity contribution >= 4 is 17.4 Å². The average Bonchev–Trinajstić information content (AvgIpc) is 2.85. The lowest BCUT2D eigenvalue weighted by atomic mass is 10.3. The molecular weight excluding hydrogens is 220 g/mol. The Kier molecular flexibility index (Phi) is 2.82. The number of rotatable bonds is 3. The highest BCUT2D eigenvalue weighted by atomic mass is 16.2. The third kappa shape index (κ3) is 2.27. The van der Waals surface area contributed by atoms with Crippen molar-refractivity contribution in [1.82, 2.24) is 20.0 Å². The Morgan fingerprint density at radius 3 is 2.94 bits per heavy atom. The normalized spacial score (nSPS) is 10.5. The Morgan fingerprint density at radius 1 is 1.65 bits per heavy atom. The third-order valence-corrected chi connectivity index (χ3v) is 2.28. The number of anilines is 2. The smallest absolute Gasteiger partial charge is 0.279 e. The number of carbonyl (C=O) groups is 1. The van der Waals surface area contributed by atoms with Gasteiger partial charge in [0, 0.05) is 24.5 Å². The quantitative estimate of drug-likeness (QED) is 0.729. The van der Waals surface area contributed by atoms with Crippen molar-refractivity contribution in [3.05, 3.63) is 23.7 Å². The zero-order valence-electron chi connectivity index (χ0n) is 9.69. The second kappa shape index (κ2) is 4.28. The zero-order chi connectivity index (χ0) is 12.4. The SMILES string of the molecule is CCn1cc(N)c(C(=O)Nc2cc(C)[nH]n2)n1. The molecule has 0 bridgehead atoms. The fraction of sp³-hybridized carbons (Fsp3) is 0.300. The van der Waals surface area contributed by atoms with Crippen LogP contribution in [-0.2, 0) is 6.54 Å².